The molecule has 126 valence electrons. The predicted molar refractivity (Wildman–Crippen MR) is 85.8 cm³/mol. The molecule has 24 heavy (non-hydrogen) atoms. The lowest BCUT2D eigenvalue weighted by atomic mass is 9.80. The Morgan fingerprint density at radius 2 is 2.25 bits per heavy atom. The molecule has 3 heterocycles. The Kier molecular flexibility index (Phi) is 3.33. The smallest absolute Gasteiger partial charge is 0.255 e. The van der Waals surface area contributed by atoms with Crippen molar-refractivity contribution in [2.24, 2.45) is 5.92 Å². The number of aryl methyl sites for hydroxylation is 2. The van der Waals surface area contributed by atoms with Gasteiger partial charge in [-0.2, -0.15) is 4.98 Å². The molecule has 2 aromatic heterocycles. The van der Waals surface area contributed by atoms with Crippen LogP contribution >= 0.6 is 0 Å². The van der Waals surface area contributed by atoms with Crippen LogP contribution in [0.1, 0.15) is 47.0 Å². The van der Waals surface area contributed by atoms with E-state index in [1.807, 2.05) is 11.8 Å². The van der Waals surface area contributed by atoms with Gasteiger partial charge in [0.05, 0.1) is 11.0 Å². The van der Waals surface area contributed by atoms with Gasteiger partial charge in [0, 0.05) is 24.8 Å². The van der Waals surface area contributed by atoms with Crippen molar-refractivity contribution < 1.29 is 9.32 Å². The monoisotopic (exact) mass is 328 g/mol. The molecular weight excluding hydrogens is 308 g/mol. The van der Waals surface area contributed by atoms with E-state index in [0.29, 0.717) is 42.0 Å². The molecule has 7 heteroatoms. The molecule has 1 N–H and O–H groups in total. The zero-order valence-corrected chi connectivity index (χ0v) is 13.8. The topological polar surface area (TPSA) is 92.1 Å². The van der Waals surface area contributed by atoms with Crippen molar-refractivity contribution in [3.63, 3.8) is 0 Å². The predicted octanol–water partition coefficient (Wildman–Crippen LogP) is 1.57. The first kappa shape index (κ1) is 15.1. The second-order valence-corrected chi connectivity index (χ2v) is 6.94. The number of hydrogen-bond acceptors (Lipinski definition) is 5. The van der Waals surface area contributed by atoms with Crippen LogP contribution in [0.25, 0.3) is 0 Å². The van der Waals surface area contributed by atoms with Crippen molar-refractivity contribution in [3.05, 3.63) is 45.5 Å². The van der Waals surface area contributed by atoms with Crippen LogP contribution in [-0.4, -0.2) is 39.0 Å². The summed E-state index contributed by atoms with van der Waals surface area (Å²) in [6.45, 7) is 4.85. The zero-order chi connectivity index (χ0) is 16.9. The average molecular weight is 328 g/mol. The number of pyridine rings is 1. The fourth-order valence-corrected chi connectivity index (χ4v) is 4.27. The van der Waals surface area contributed by atoms with Crippen molar-refractivity contribution in [3.8, 4) is 0 Å². The molecule has 0 radical (unpaired) electrons. The van der Waals surface area contributed by atoms with Gasteiger partial charge in [-0.15, -0.1) is 0 Å². The summed E-state index contributed by atoms with van der Waals surface area (Å²) < 4.78 is 5.48. The highest BCUT2D eigenvalue weighted by atomic mass is 16.5. The second kappa shape index (κ2) is 5.29. The Morgan fingerprint density at radius 3 is 2.96 bits per heavy atom. The minimum absolute atomic E-state index is 0.0474. The molecule has 4 rings (SSSR count). The molecule has 2 fully saturated rings. The van der Waals surface area contributed by atoms with Crippen LogP contribution < -0.4 is 5.56 Å². The number of amides is 1. The van der Waals surface area contributed by atoms with Crippen LogP contribution in [-0.2, 0) is 5.41 Å². The maximum Gasteiger partial charge on any atom is 0.255 e. The molecule has 0 spiro atoms. The Morgan fingerprint density at radius 1 is 1.42 bits per heavy atom. The van der Waals surface area contributed by atoms with E-state index in [2.05, 4.69) is 15.1 Å². The minimum atomic E-state index is -0.215. The number of carbonyl (C=O) groups is 1. The van der Waals surface area contributed by atoms with E-state index >= 15 is 0 Å². The zero-order valence-electron chi connectivity index (χ0n) is 13.8. The molecule has 2 aromatic rings. The summed E-state index contributed by atoms with van der Waals surface area (Å²) >= 11 is 0. The van der Waals surface area contributed by atoms with Crippen LogP contribution in [0.2, 0.25) is 0 Å². The number of nitrogens with one attached hydrogen (secondary N) is 1. The number of aromatic nitrogens is 3. The Hall–Kier alpha value is -2.44. The van der Waals surface area contributed by atoms with E-state index in [9.17, 15) is 9.59 Å². The van der Waals surface area contributed by atoms with Gasteiger partial charge in [-0.25, -0.2) is 0 Å². The molecule has 0 unspecified atom stereocenters. The van der Waals surface area contributed by atoms with Crippen LogP contribution in [0, 0.1) is 19.8 Å². The maximum absolute atomic E-state index is 12.9. The fourth-order valence-electron chi connectivity index (χ4n) is 4.27. The normalized spacial score (nSPS) is 25.9. The summed E-state index contributed by atoms with van der Waals surface area (Å²) in [4.78, 5) is 33.3. The number of rotatable bonds is 2. The molecule has 1 saturated carbocycles. The summed E-state index contributed by atoms with van der Waals surface area (Å²) in [5.41, 5.74) is 0.742. The molecular formula is C17H20N4O3. The van der Waals surface area contributed by atoms with Crippen molar-refractivity contribution in [2.75, 3.05) is 13.1 Å². The lowest BCUT2D eigenvalue weighted by molar-refractivity contribution is 0.0773. The summed E-state index contributed by atoms with van der Waals surface area (Å²) in [5, 5.41) is 3.94. The molecule has 1 amide bonds. The van der Waals surface area contributed by atoms with Gasteiger partial charge < -0.3 is 14.4 Å². The van der Waals surface area contributed by atoms with E-state index < -0.39 is 0 Å². The van der Waals surface area contributed by atoms with E-state index in [1.54, 1.807) is 13.0 Å². The largest absolute Gasteiger partial charge is 0.339 e. The maximum atomic E-state index is 12.9. The molecule has 0 bridgehead atoms. The molecule has 1 aliphatic heterocycles. The van der Waals surface area contributed by atoms with Crippen LogP contribution in [0.4, 0.5) is 0 Å². The number of likely N-dealkylation sites (tertiary alicyclic amines) is 1. The number of nitrogens with zero attached hydrogens (tertiary/aromatic N) is 3. The summed E-state index contributed by atoms with van der Waals surface area (Å²) in [6, 6.07) is 3.00. The van der Waals surface area contributed by atoms with Gasteiger partial charge in [0.2, 0.25) is 11.4 Å². The third-order valence-corrected chi connectivity index (χ3v) is 5.46. The van der Waals surface area contributed by atoms with E-state index in [0.717, 1.165) is 19.3 Å². The van der Waals surface area contributed by atoms with Gasteiger partial charge in [0.1, 0.15) is 0 Å². The number of aromatic amines is 1. The highest BCUT2D eigenvalue weighted by Gasteiger charge is 2.55. The highest BCUT2D eigenvalue weighted by molar-refractivity contribution is 5.95. The highest BCUT2D eigenvalue weighted by Crippen LogP contribution is 2.50. The Labute approximate surface area is 139 Å². The first-order valence-electron chi connectivity index (χ1n) is 8.29. The van der Waals surface area contributed by atoms with E-state index in [-0.39, 0.29) is 16.9 Å². The first-order chi connectivity index (χ1) is 11.5. The second-order valence-electron chi connectivity index (χ2n) is 6.94. The quantitative estimate of drug-likeness (QED) is 0.903. The third-order valence-electron chi connectivity index (χ3n) is 5.46. The van der Waals surface area contributed by atoms with Crippen molar-refractivity contribution in [1.82, 2.24) is 20.0 Å². The number of carbonyl (C=O) groups excluding carboxylic acids is 1. The first-order valence-corrected chi connectivity index (χ1v) is 8.29. The van der Waals surface area contributed by atoms with E-state index in [1.165, 1.54) is 6.07 Å². The van der Waals surface area contributed by atoms with E-state index in [4.69, 9.17) is 4.52 Å². The van der Waals surface area contributed by atoms with Crippen LogP contribution in [0.15, 0.2) is 21.5 Å². The number of fused-ring (bicyclic) bond motifs is 1. The van der Waals surface area contributed by atoms with Gasteiger partial charge in [-0.3, -0.25) is 9.59 Å². The summed E-state index contributed by atoms with van der Waals surface area (Å²) in [7, 11) is 0. The molecule has 7 nitrogen and oxygen atoms in total. The molecule has 1 aliphatic carbocycles. The van der Waals surface area contributed by atoms with Crippen LogP contribution in [0.3, 0.4) is 0 Å². The minimum Gasteiger partial charge on any atom is -0.339 e. The van der Waals surface area contributed by atoms with Gasteiger partial charge in [0.25, 0.3) is 5.91 Å². The SMILES string of the molecule is Cc1noc([C@]23CCC[C@H]2CN(C(=O)c2ccc(=O)[nH]c2C)C3)n1. The standard InChI is InChI=1S/C17H20N4O3/c1-10-13(5-6-14(22)18-10)15(23)21-8-12-4-3-7-17(12,9-21)16-19-11(2)20-24-16/h5-6,12H,3-4,7-9H2,1-2H3,(H,18,22)/t12-,17-/m0/s1. The van der Waals surface area contributed by atoms with Crippen LogP contribution in [0.5, 0.6) is 0 Å². The van der Waals surface area contributed by atoms with Crippen molar-refractivity contribution >= 4 is 5.91 Å². The Balaban J connectivity index is 1.65. The number of H-pyrrole nitrogens is 1. The molecule has 1 saturated heterocycles. The summed E-state index contributed by atoms with van der Waals surface area (Å²) in [6.07, 6.45) is 3.15. The van der Waals surface area contributed by atoms with Crippen molar-refractivity contribution in [2.45, 2.75) is 38.5 Å². The van der Waals surface area contributed by atoms with Gasteiger partial charge in [-0.05, 0) is 38.7 Å². The lowest BCUT2D eigenvalue weighted by Gasteiger charge is -2.24. The van der Waals surface area contributed by atoms with Gasteiger partial charge >= 0.3 is 0 Å². The molecule has 2 atom stereocenters. The number of hydrogen-bond donors (Lipinski definition) is 1. The van der Waals surface area contributed by atoms with Gasteiger partial charge in [0.15, 0.2) is 5.82 Å². The summed E-state index contributed by atoms with van der Waals surface area (Å²) in [5.74, 6) is 1.60. The fraction of sp³-hybridized carbons (Fsp3) is 0.529. The molecule has 0 aromatic carbocycles. The molecule has 2 aliphatic rings. The average Bonchev–Trinajstić information content (AvgIpc) is 3.19. The van der Waals surface area contributed by atoms with Gasteiger partial charge in [-0.1, -0.05) is 11.6 Å². The third kappa shape index (κ3) is 2.18. The Bertz CT molecular complexity index is 856. The van der Waals surface area contributed by atoms with Crippen molar-refractivity contribution in [1.29, 1.82) is 0 Å². The lowest BCUT2D eigenvalue weighted by Crippen LogP contribution is -2.35.